The fourth-order valence-electron chi connectivity index (χ4n) is 1.96. The molecular weight excluding hydrogens is 256 g/mol. The average molecular weight is 280 g/mol. The predicted octanol–water partition coefficient (Wildman–Crippen LogP) is 2.94. The molecule has 0 bridgehead atoms. The zero-order chi connectivity index (χ0) is 15.3. The fourth-order valence-corrected chi connectivity index (χ4v) is 1.96. The zero-order valence-electron chi connectivity index (χ0n) is 12.9. The molecule has 2 heterocycles. The van der Waals surface area contributed by atoms with Gasteiger partial charge in [-0.15, -0.1) is 0 Å². The lowest BCUT2D eigenvalue weighted by Crippen LogP contribution is -2.36. The first-order chi connectivity index (χ1) is 9.30. The summed E-state index contributed by atoms with van der Waals surface area (Å²) >= 11 is 0. The summed E-state index contributed by atoms with van der Waals surface area (Å²) in [6, 6.07) is 3.91. The molecular formula is C15H24N2O3. The van der Waals surface area contributed by atoms with Crippen LogP contribution in [0.3, 0.4) is 0 Å². The maximum absolute atomic E-state index is 12.0. The molecule has 1 aromatic heterocycles. The summed E-state index contributed by atoms with van der Waals surface area (Å²) in [5.41, 5.74) is 0.635. The number of carbonyl (C=O) groups is 1. The van der Waals surface area contributed by atoms with E-state index in [-0.39, 0.29) is 12.7 Å². The van der Waals surface area contributed by atoms with Crippen LogP contribution in [0.1, 0.15) is 46.1 Å². The van der Waals surface area contributed by atoms with Gasteiger partial charge in [-0.25, -0.2) is 9.78 Å². The Labute approximate surface area is 120 Å². The molecule has 112 valence electrons. The van der Waals surface area contributed by atoms with Crippen LogP contribution in [-0.4, -0.2) is 34.9 Å². The number of anilines is 1. The van der Waals surface area contributed by atoms with Gasteiger partial charge in [-0.1, -0.05) is 13.0 Å². The minimum atomic E-state index is -0.474. The number of rotatable bonds is 0. The van der Waals surface area contributed by atoms with Gasteiger partial charge < -0.3 is 9.84 Å². The second kappa shape index (κ2) is 6.70. The summed E-state index contributed by atoms with van der Waals surface area (Å²) in [6.45, 7) is 10.3. The number of aliphatic hydroxyl groups excluding tert-OH is 1. The van der Waals surface area contributed by atoms with Crippen molar-refractivity contribution in [2.45, 2.75) is 46.1 Å². The number of fused-ring (bicyclic) bond motifs is 1. The minimum Gasteiger partial charge on any atom is -0.443 e. The molecule has 1 aromatic rings. The Bertz CT molecular complexity index is 455. The van der Waals surface area contributed by atoms with Gasteiger partial charge in [0, 0.05) is 25.3 Å². The van der Waals surface area contributed by atoms with Crippen molar-refractivity contribution in [2.75, 3.05) is 18.1 Å². The van der Waals surface area contributed by atoms with Crippen LogP contribution in [-0.2, 0) is 4.74 Å². The highest BCUT2D eigenvalue weighted by Gasteiger charge is 2.33. The molecule has 0 fully saturated rings. The molecule has 1 unspecified atom stereocenters. The standard InChI is InChI=1S/C13H18N2O2.C2H6O/c1-9-8-15(12(16)17-13(2,3)4)11-10(9)6-5-7-14-11;1-2-3/h5-7,9H,8H2,1-4H3;3H,2H2,1H3. The number of carbonyl (C=O) groups excluding carboxylic acids is 1. The lowest BCUT2D eigenvalue weighted by molar-refractivity contribution is 0.0581. The number of nitrogens with zero attached hydrogens (tertiary/aromatic N) is 2. The summed E-state index contributed by atoms with van der Waals surface area (Å²) in [5.74, 6) is 1.04. The third-order valence-corrected chi connectivity index (χ3v) is 2.67. The summed E-state index contributed by atoms with van der Waals surface area (Å²) in [4.78, 5) is 17.9. The van der Waals surface area contributed by atoms with E-state index in [1.165, 1.54) is 0 Å². The number of ether oxygens (including phenoxy) is 1. The van der Waals surface area contributed by atoms with E-state index in [0.717, 1.165) is 11.4 Å². The van der Waals surface area contributed by atoms with Crippen molar-refractivity contribution in [3.63, 3.8) is 0 Å². The predicted molar refractivity (Wildman–Crippen MR) is 79.0 cm³/mol. The van der Waals surface area contributed by atoms with E-state index < -0.39 is 5.60 Å². The molecule has 0 aliphatic carbocycles. The Morgan fingerprint density at radius 2 is 2.15 bits per heavy atom. The quantitative estimate of drug-likeness (QED) is 0.793. The van der Waals surface area contributed by atoms with Crippen molar-refractivity contribution in [2.24, 2.45) is 0 Å². The van der Waals surface area contributed by atoms with Crippen LogP contribution < -0.4 is 4.90 Å². The average Bonchev–Trinajstić information content (AvgIpc) is 2.67. The first-order valence-electron chi connectivity index (χ1n) is 6.86. The first-order valence-corrected chi connectivity index (χ1v) is 6.86. The summed E-state index contributed by atoms with van der Waals surface area (Å²) in [5, 5.41) is 7.57. The second-order valence-electron chi connectivity index (χ2n) is 5.72. The number of amides is 1. The number of hydrogen-bond acceptors (Lipinski definition) is 4. The third-order valence-electron chi connectivity index (χ3n) is 2.67. The minimum absolute atomic E-state index is 0.250. The van der Waals surface area contributed by atoms with Gasteiger partial charge in [-0.3, -0.25) is 4.90 Å². The van der Waals surface area contributed by atoms with Crippen molar-refractivity contribution < 1.29 is 14.6 Å². The van der Waals surface area contributed by atoms with Gasteiger partial charge in [-0.05, 0) is 39.3 Å². The fraction of sp³-hybridized carbons (Fsp3) is 0.600. The van der Waals surface area contributed by atoms with Crippen LogP contribution in [0.2, 0.25) is 0 Å². The largest absolute Gasteiger partial charge is 0.443 e. The van der Waals surface area contributed by atoms with Crippen molar-refractivity contribution in [1.82, 2.24) is 4.98 Å². The van der Waals surface area contributed by atoms with Crippen LogP contribution in [0.5, 0.6) is 0 Å². The SMILES string of the molecule is CC1CN(C(=O)OC(C)(C)C)c2ncccc21.CCO. The van der Waals surface area contributed by atoms with E-state index in [1.807, 2.05) is 32.9 Å². The van der Waals surface area contributed by atoms with Gasteiger partial charge in [0.1, 0.15) is 11.4 Å². The molecule has 5 heteroatoms. The van der Waals surface area contributed by atoms with E-state index in [9.17, 15) is 4.79 Å². The van der Waals surface area contributed by atoms with Crippen molar-refractivity contribution >= 4 is 11.9 Å². The molecule has 0 spiro atoms. The van der Waals surface area contributed by atoms with Gasteiger partial charge in [0.05, 0.1) is 0 Å². The summed E-state index contributed by atoms with van der Waals surface area (Å²) in [7, 11) is 0. The third kappa shape index (κ3) is 4.20. The topological polar surface area (TPSA) is 62.7 Å². The lowest BCUT2D eigenvalue weighted by Gasteiger charge is -2.24. The van der Waals surface area contributed by atoms with Crippen LogP contribution in [0, 0.1) is 0 Å². The Kier molecular flexibility index (Phi) is 5.51. The van der Waals surface area contributed by atoms with Gasteiger partial charge in [0.15, 0.2) is 0 Å². The van der Waals surface area contributed by atoms with E-state index >= 15 is 0 Å². The number of hydrogen-bond donors (Lipinski definition) is 1. The Morgan fingerprint density at radius 3 is 2.70 bits per heavy atom. The highest BCUT2D eigenvalue weighted by molar-refractivity contribution is 5.89. The molecule has 1 atom stereocenters. The Morgan fingerprint density at radius 1 is 1.55 bits per heavy atom. The van der Waals surface area contributed by atoms with Crippen LogP contribution in [0.15, 0.2) is 18.3 Å². The van der Waals surface area contributed by atoms with Crippen molar-refractivity contribution in [3.8, 4) is 0 Å². The molecule has 0 saturated carbocycles. The molecule has 2 rings (SSSR count). The van der Waals surface area contributed by atoms with E-state index in [1.54, 1.807) is 18.0 Å². The maximum Gasteiger partial charge on any atom is 0.416 e. The molecule has 0 saturated heterocycles. The molecule has 1 aliphatic rings. The van der Waals surface area contributed by atoms with Gasteiger partial charge in [-0.2, -0.15) is 0 Å². The van der Waals surface area contributed by atoms with E-state index in [0.29, 0.717) is 12.5 Å². The molecule has 0 radical (unpaired) electrons. The molecule has 5 nitrogen and oxygen atoms in total. The molecule has 20 heavy (non-hydrogen) atoms. The zero-order valence-corrected chi connectivity index (χ0v) is 12.9. The van der Waals surface area contributed by atoms with Crippen LogP contribution >= 0.6 is 0 Å². The monoisotopic (exact) mass is 280 g/mol. The van der Waals surface area contributed by atoms with Crippen molar-refractivity contribution in [1.29, 1.82) is 0 Å². The van der Waals surface area contributed by atoms with Gasteiger partial charge in [0.2, 0.25) is 0 Å². The van der Waals surface area contributed by atoms with E-state index in [2.05, 4.69) is 11.9 Å². The number of aliphatic hydroxyl groups is 1. The smallest absolute Gasteiger partial charge is 0.416 e. The summed E-state index contributed by atoms with van der Waals surface area (Å²) in [6.07, 6.45) is 1.38. The second-order valence-corrected chi connectivity index (χ2v) is 5.72. The molecule has 1 amide bonds. The number of aromatic nitrogens is 1. The maximum atomic E-state index is 12.0. The Balaban J connectivity index is 0.000000612. The molecule has 0 aromatic carbocycles. The Hall–Kier alpha value is -1.62. The van der Waals surface area contributed by atoms with E-state index in [4.69, 9.17) is 9.84 Å². The van der Waals surface area contributed by atoms with Crippen molar-refractivity contribution in [3.05, 3.63) is 23.9 Å². The highest BCUT2D eigenvalue weighted by Crippen LogP contribution is 2.34. The lowest BCUT2D eigenvalue weighted by atomic mass is 10.1. The molecule has 1 aliphatic heterocycles. The number of pyridine rings is 1. The highest BCUT2D eigenvalue weighted by atomic mass is 16.6. The van der Waals surface area contributed by atoms with Crippen LogP contribution in [0.25, 0.3) is 0 Å². The van der Waals surface area contributed by atoms with Gasteiger partial charge >= 0.3 is 6.09 Å². The molecule has 1 N–H and O–H groups in total. The van der Waals surface area contributed by atoms with Crippen LogP contribution in [0.4, 0.5) is 10.6 Å². The normalized spacial score (nSPS) is 17.1. The first kappa shape index (κ1) is 16.4. The summed E-state index contributed by atoms with van der Waals surface area (Å²) < 4.78 is 5.37. The van der Waals surface area contributed by atoms with Gasteiger partial charge in [0.25, 0.3) is 0 Å².